The van der Waals surface area contributed by atoms with E-state index in [9.17, 15) is 19.2 Å². The van der Waals surface area contributed by atoms with Crippen molar-refractivity contribution < 1.29 is 33.4 Å². The molecule has 0 radical (unpaired) electrons. The Kier molecular flexibility index (Phi) is 15.5. The van der Waals surface area contributed by atoms with E-state index < -0.39 is 35.8 Å². The van der Waals surface area contributed by atoms with Gasteiger partial charge in [0.2, 0.25) is 5.91 Å². The van der Waals surface area contributed by atoms with Gasteiger partial charge in [0.05, 0.1) is 0 Å². The van der Waals surface area contributed by atoms with Crippen molar-refractivity contribution in [2.24, 2.45) is 5.73 Å². The number of rotatable bonds is 18. The number of fused-ring (bicyclic) bond motifs is 1. The first-order valence-corrected chi connectivity index (χ1v) is 18.2. The molecule has 0 spiro atoms. The first-order chi connectivity index (χ1) is 25.5. The number of ether oxygens (including phenoxy) is 3. The van der Waals surface area contributed by atoms with Crippen LogP contribution in [0.2, 0.25) is 0 Å². The summed E-state index contributed by atoms with van der Waals surface area (Å²) in [6.45, 7) is 6.55. The molecule has 0 saturated heterocycles. The molecule has 4 amide bonds. The summed E-state index contributed by atoms with van der Waals surface area (Å²) >= 11 is 0. The van der Waals surface area contributed by atoms with E-state index in [1.54, 1.807) is 20.8 Å². The van der Waals surface area contributed by atoms with Crippen LogP contribution in [0.25, 0.3) is 10.8 Å². The lowest BCUT2D eigenvalue weighted by molar-refractivity contribution is -0.123. The van der Waals surface area contributed by atoms with Crippen LogP contribution in [0, 0.1) is 0 Å². The molecule has 4 N–H and O–H groups in total. The molecule has 0 aliphatic carbocycles. The van der Waals surface area contributed by atoms with Gasteiger partial charge in [0.15, 0.2) is 0 Å². The summed E-state index contributed by atoms with van der Waals surface area (Å²) in [4.78, 5) is 51.6. The van der Waals surface area contributed by atoms with Crippen LogP contribution < -0.4 is 16.4 Å². The fraction of sp³-hybridized carbons (Fsp3) is 0.381. The van der Waals surface area contributed by atoms with Gasteiger partial charge in [-0.1, -0.05) is 97.1 Å². The molecule has 4 rings (SSSR count). The number of aryl methyl sites for hydroxylation is 2. The Labute approximate surface area is 312 Å². The molecule has 4 aromatic rings. The maximum absolute atomic E-state index is 13.4. The summed E-state index contributed by atoms with van der Waals surface area (Å²) in [5.41, 5.74) is 9.21. The Morgan fingerprint density at radius 1 is 0.660 bits per heavy atom. The van der Waals surface area contributed by atoms with Crippen molar-refractivity contribution in [3.05, 3.63) is 119 Å². The van der Waals surface area contributed by atoms with E-state index in [1.807, 2.05) is 66.7 Å². The van der Waals surface area contributed by atoms with Crippen molar-refractivity contribution in [3.63, 3.8) is 0 Å². The molecule has 53 heavy (non-hydrogen) atoms. The molecule has 11 heteroatoms. The summed E-state index contributed by atoms with van der Waals surface area (Å²) < 4.78 is 16.2. The van der Waals surface area contributed by atoms with Gasteiger partial charge in [-0.3, -0.25) is 9.69 Å². The lowest BCUT2D eigenvalue weighted by atomic mass is 9.98. The minimum atomic E-state index is -0.918. The Hall–Kier alpha value is -5.58. The zero-order valence-electron chi connectivity index (χ0n) is 31.0. The normalized spacial score (nSPS) is 11.7. The predicted octanol–water partition coefficient (Wildman–Crippen LogP) is 7.43. The van der Waals surface area contributed by atoms with Crippen molar-refractivity contribution in [3.8, 4) is 0 Å². The van der Waals surface area contributed by atoms with Gasteiger partial charge in [-0.15, -0.1) is 0 Å². The van der Waals surface area contributed by atoms with Gasteiger partial charge in [0, 0.05) is 19.6 Å². The van der Waals surface area contributed by atoms with E-state index in [0.29, 0.717) is 25.8 Å². The predicted molar refractivity (Wildman–Crippen MR) is 205 cm³/mol. The molecule has 0 unspecified atom stereocenters. The highest BCUT2D eigenvalue weighted by Crippen LogP contribution is 2.21. The van der Waals surface area contributed by atoms with Crippen molar-refractivity contribution in [2.45, 2.75) is 84.2 Å². The zero-order valence-corrected chi connectivity index (χ0v) is 31.0. The number of unbranched alkanes of at least 4 members (excludes halogenated alkanes) is 1. The second kappa shape index (κ2) is 20.5. The number of hydrogen-bond acceptors (Lipinski definition) is 7. The van der Waals surface area contributed by atoms with Crippen LogP contribution in [0.1, 0.15) is 68.7 Å². The van der Waals surface area contributed by atoms with E-state index in [0.717, 1.165) is 46.7 Å². The van der Waals surface area contributed by atoms with E-state index in [2.05, 4.69) is 41.0 Å². The van der Waals surface area contributed by atoms with E-state index in [-0.39, 0.29) is 26.3 Å². The van der Waals surface area contributed by atoms with Crippen molar-refractivity contribution in [1.29, 1.82) is 0 Å². The molecular formula is C42H52N4O7. The Balaban J connectivity index is 1.29. The van der Waals surface area contributed by atoms with Gasteiger partial charge in [-0.05, 0) is 92.3 Å². The number of nitrogens with two attached hydrogens (primary N) is 1. The van der Waals surface area contributed by atoms with Crippen LogP contribution in [0.4, 0.5) is 14.4 Å². The lowest BCUT2D eigenvalue weighted by Crippen LogP contribution is -2.49. The molecule has 11 nitrogen and oxygen atoms in total. The van der Waals surface area contributed by atoms with Gasteiger partial charge < -0.3 is 30.6 Å². The number of hydrogen-bond donors (Lipinski definition) is 3. The fourth-order valence-electron chi connectivity index (χ4n) is 5.76. The van der Waals surface area contributed by atoms with Crippen LogP contribution in [0.3, 0.4) is 0 Å². The Bertz CT molecular complexity index is 1780. The third-order valence-electron chi connectivity index (χ3n) is 8.44. The summed E-state index contributed by atoms with van der Waals surface area (Å²) in [5.74, 6) is -0.633. The number of benzene rings is 4. The molecule has 1 atom stereocenters. The molecule has 0 heterocycles. The monoisotopic (exact) mass is 724 g/mol. The maximum Gasteiger partial charge on any atom is 0.410 e. The molecule has 0 aliphatic rings. The number of nitrogens with one attached hydrogen (secondary N) is 2. The molecule has 4 aromatic carbocycles. The molecule has 0 fully saturated rings. The number of primary amides is 1. The van der Waals surface area contributed by atoms with Crippen molar-refractivity contribution >= 4 is 35.0 Å². The van der Waals surface area contributed by atoms with Crippen LogP contribution >= 0.6 is 0 Å². The van der Waals surface area contributed by atoms with Gasteiger partial charge in [-0.2, -0.15) is 0 Å². The second-order valence-corrected chi connectivity index (χ2v) is 13.9. The fourth-order valence-corrected chi connectivity index (χ4v) is 5.76. The second-order valence-electron chi connectivity index (χ2n) is 13.9. The topological polar surface area (TPSA) is 149 Å². The van der Waals surface area contributed by atoms with Gasteiger partial charge >= 0.3 is 18.3 Å². The number of carbonyl (C=O) groups excluding carboxylic acids is 4. The standard InChI is InChI=1S/C42H52N4O7/c1-42(2,3)53-40(49)45-25-12-26-46(41(50)52-30-34-16-8-5-9-17-34)37(38(43)47)23-20-32-19-22-35-27-31(18-21-36(35)28-32)13-10-11-24-44-39(48)51-29-33-14-6-4-7-15-33/h4-9,14-19,21-22,27-28,37H,10-13,20,23-26,29-30H2,1-3H3,(H2,43,47)(H,44,48)(H,45,49)/t37-/m0/s1. The average Bonchev–Trinajstić information content (AvgIpc) is 3.13. The average molecular weight is 725 g/mol. The Morgan fingerprint density at radius 3 is 1.79 bits per heavy atom. The highest BCUT2D eigenvalue weighted by atomic mass is 16.6. The largest absolute Gasteiger partial charge is 0.445 e. The molecule has 0 bridgehead atoms. The summed E-state index contributed by atoms with van der Waals surface area (Å²) in [6, 6.07) is 30.5. The maximum atomic E-state index is 13.4. The molecule has 0 aliphatic heterocycles. The van der Waals surface area contributed by atoms with Crippen molar-refractivity contribution in [2.75, 3.05) is 19.6 Å². The van der Waals surface area contributed by atoms with Crippen LogP contribution in [0.5, 0.6) is 0 Å². The van der Waals surface area contributed by atoms with Crippen LogP contribution in [-0.4, -0.2) is 60.4 Å². The molecule has 0 aromatic heterocycles. The lowest BCUT2D eigenvalue weighted by Gasteiger charge is -2.29. The highest BCUT2D eigenvalue weighted by Gasteiger charge is 2.29. The summed E-state index contributed by atoms with van der Waals surface area (Å²) in [6.07, 6.45) is 2.16. The SMILES string of the molecule is CC(C)(C)OC(=O)NCCCN(C(=O)OCc1ccccc1)[C@@H](CCc1ccc2cc(CCCCNC(=O)OCc3ccccc3)ccc2c1)C(N)=O. The first kappa shape index (κ1) is 40.2. The van der Waals surface area contributed by atoms with E-state index in [4.69, 9.17) is 19.9 Å². The number of nitrogens with zero attached hydrogens (tertiary/aromatic N) is 1. The quantitative estimate of drug-likeness (QED) is 0.0714. The minimum Gasteiger partial charge on any atom is -0.445 e. The number of alkyl carbamates (subject to hydrolysis) is 2. The highest BCUT2D eigenvalue weighted by molar-refractivity contribution is 5.85. The number of amides is 4. The van der Waals surface area contributed by atoms with E-state index in [1.165, 1.54) is 10.5 Å². The third-order valence-corrected chi connectivity index (χ3v) is 8.44. The molecular weight excluding hydrogens is 672 g/mol. The summed E-state index contributed by atoms with van der Waals surface area (Å²) in [7, 11) is 0. The first-order valence-electron chi connectivity index (χ1n) is 18.2. The number of carbonyl (C=O) groups is 4. The Morgan fingerprint density at radius 2 is 1.21 bits per heavy atom. The van der Waals surface area contributed by atoms with Gasteiger partial charge in [0.25, 0.3) is 0 Å². The minimum absolute atomic E-state index is 0.0468. The smallest absolute Gasteiger partial charge is 0.410 e. The van der Waals surface area contributed by atoms with Crippen LogP contribution in [-0.2, 0) is 45.1 Å². The summed E-state index contributed by atoms with van der Waals surface area (Å²) in [5, 5.41) is 7.67. The van der Waals surface area contributed by atoms with Crippen molar-refractivity contribution in [1.82, 2.24) is 15.5 Å². The third kappa shape index (κ3) is 14.5. The molecule has 282 valence electrons. The van der Waals surface area contributed by atoms with Gasteiger partial charge in [-0.25, -0.2) is 14.4 Å². The van der Waals surface area contributed by atoms with Gasteiger partial charge in [0.1, 0.15) is 24.9 Å². The van der Waals surface area contributed by atoms with Crippen LogP contribution in [0.15, 0.2) is 97.1 Å². The van der Waals surface area contributed by atoms with E-state index >= 15 is 0 Å². The molecule has 0 saturated carbocycles. The zero-order chi connectivity index (χ0) is 38.1.